The molecule has 1 amide bonds. The van der Waals surface area contributed by atoms with Crippen molar-refractivity contribution in [1.29, 1.82) is 0 Å². The van der Waals surface area contributed by atoms with Crippen molar-refractivity contribution >= 4 is 17.7 Å². The molecule has 0 radical (unpaired) electrons. The van der Waals surface area contributed by atoms with Crippen LogP contribution in [0.4, 0.5) is 0 Å². The van der Waals surface area contributed by atoms with E-state index in [9.17, 15) is 14.4 Å². The van der Waals surface area contributed by atoms with E-state index < -0.39 is 5.97 Å². The van der Waals surface area contributed by atoms with Crippen molar-refractivity contribution in [2.45, 2.75) is 39.0 Å². The Morgan fingerprint density at radius 2 is 1.58 bits per heavy atom. The number of carbonyl (C=O) groups is 3. The summed E-state index contributed by atoms with van der Waals surface area (Å²) in [6, 6.07) is 13.8. The van der Waals surface area contributed by atoms with Gasteiger partial charge in [0.15, 0.2) is 12.4 Å². The van der Waals surface area contributed by atoms with Crippen LogP contribution in [0.5, 0.6) is 0 Å². The smallest absolute Gasteiger partial charge is 0.339 e. The Bertz CT molecular complexity index is 966. The number of piperidine rings is 1. The van der Waals surface area contributed by atoms with E-state index in [1.807, 2.05) is 24.0 Å². The molecule has 1 saturated carbocycles. The van der Waals surface area contributed by atoms with Gasteiger partial charge in [0, 0.05) is 24.2 Å². The van der Waals surface area contributed by atoms with Crippen molar-refractivity contribution < 1.29 is 19.1 Å². The van der Waals surface area contributed by atoms with Crippen LogP contribution in [-0.2, 0) is 9.53 Å². The normalized spacial score (nSPS) is 20.6. The number of fused-ring (bicyclic) bond motifs is 1. The summed E-state index contributed by atoms with van der Waals surface area (Å²) in [5.41, 5.74) is 2.04. The molecule has 0 unspecified atom stereocenters. The minimum atomic E-state index is -0.642. The van der Waals surface area contributed by atoms with Crippen LogP contribution in [0.15, 0.2) is 48.5 Å². The van der Waals surface area contributed by atoms with Gasteiger partial charge in [0.25, 0.3) is 5.91 Å². The average Bonchev–Trinajstić information content (AvgIpc) is 2.82. The van der Waals surface area contributed by atoms with Crippen LogP contribution in [0, 0.1) is 18.8 Å². The summed E-state index contributed by atoms with van der Waals surface area (Å²) in [5, 5.41) is 0. The molecule has 5 heteroatoms. The van der Waals surface area contributed by atoms with Gasteiger partial charge >= 0.3 is 5.97 Å². The highest BCUT2D eigenvalue weighted by Crippen LogP contribution is 2.36. The summed E-state index contributed by atoms with van der Waals surface area (Å²) < 4.78 is 5.34. The summed E-state index contributed by atoms with van der Waals surface area (Å²) >= 11 is 0. The van der Waals surface area contributed by atoms with Crippen LogP contribution in [0.1, 0.15) is 63.9 Å². The minimum Gasteiger partial charge on any atom is -0.452 e. The lowest BCUT2D eigenvalue weighted by Gasteiger charge is -2.41. The highest BCUT2D eigenvalue weighted by atomic mass is 16.5. The van der Waals surface area contributed by atoms with Crippen LogP contribution in [0.3, 0.4) is 0 Å². The van der Waals surface area contributed by atoms with Crippen molar-refractivity contribution in [3.05, 3.63) is 70.8 Å². The van der Waals surface area contributed by atoms with E-state index in [0.717, 1.165) is 31.0 Å². The van der Waals surface area contributed by atoms with E-state index in [4.69, 9.17) is 4.74 Å². The number of likely N-dealkylation sites (tertiary alicyclic amines) is 1. The first-order valence-electron chi connectivity index (χ1n) is 11.2. The Labute approximate surface area is 183 Å². The summed E-state index contributed by atoms with van der Waals surface area (Å²) in [6.07, 6.45) is 6.03. The van der Waals surface area contributed by atoms with Gasteiger partial charge in [-0.2, -0.15) is 0 Å². The number of rotatable bonds is 5. The van der Waals surface area contributed by atoms with Gasteiger partial charge in [-0.05, 0) is 37.7 Å². The van der Waals surface area contributed by atoms with E-state index in [0.29, 0.717) is 11.5 Å². The molecule has 1 aliphatic carbocycles. The van der Waals surface area contributed by atoms with Gasteiger partial charge in [0.2, 0.25) is 0 Å². The zero-order valence-corrected chi connectivity index (χ0v) is 18.0. The third kappa shape index (κ3) is 4.87. The second-order valence-electron chi connectivity index (χ2n) is 8.75. The molecule has 0 aromatic heterocycles. The first-order chi connectivity index (χ1) is 15.0. The van der Waals surface area contributed by atoms with E-state index in [2.05, 4.69) is 0 Å². The molecule has 4 rings (SSSR count). The number of nitrogens with zero attached hydrogens (tertiary/aromatic N) is 1. The standard InChI is InChI=1S/C26H29NO4/c1-18-10-12-20(13-11-18)25(29)22-8-4-5-9-23(22)26(30)31-17-24(28)27-15-14-19-6-2-3-7-21(19)16-27/h4-5,8-13,19,21H,2-3,6-7,14-17H2,1H3/t19-,21-/m0/s1. The fraction of sp³-hybridized carbons (Fsp3) is 0.423. The molecular weight excluding hydrogens is 390 g/mol. The van der Waals surface area contributed by atoms with Crippen LogP contribution >= 0.6 is 0 Å². The number of ether oxygens (including phenoxy) is 1. The van der Waals surface area contributed by atoms with Gasteiger partial charge in [-0.1, -0.05) is 67.3 Å². The Balaban J connectivity index is 1.39. The van der Waals surface area contributed by atoms with E-state index in [1.54, 1.807) is 36.4 Å². The van der Waals surface area contributed by atoms with Crippen LogP contribution < -0.4 is 0 Å². The summed E-state index contributed by atoms with van der Waals surface area (Å²) in [5.74, 6) is 0.282. The first-order valence-corrected chi connectivity index (χ1v) is 11.2. The quantitative estimate of drug-likeness (QED) is 0.532. The van der Waals surface area contributed by atoms with Gasteiger partial charge in [-0.3, -0.25) is 9.59 Å². The lowest BCUT2D eigenvalue weighted by Crippen LogP contribution is -2.46. The average molecular weight is 420 g/mol. The third-order valence-corrected chi connectivity index (χ3v) is 6.68. The number of benzene rings is 2. The number of esters is 1. The number of carbonyl (C=O) groups excluding carboxylic acids is 3. The lowest BCUT2D eigenvalue weighted by molar-refractivity contribution is -0.137. The molecule has 2 atom stereocenters. The highest BCUT2D eigenvalue weighted by molar-refractivity contribution is 6.14. The number of hydrogen-bond acceptors (Lipinski definition) is 4. The predicted molar refractivity (Wildman–Crippen MR) is 118 cm³/mol. The summed E-state index contributed by atoms with van der Waals surface area (Å²) in [6.45, 7) is 3.17. The number of aryl methyl sites for hydroxylation is 1. The summed E-state index contributed by atoms with van der Waals surface area (Å²) in [7, 11) is 0. The molecule has 2 fully saturated rings. The molecule has 0 spiro atoms. The fourth-order valence-corrected chi connectivity index (χ4v) is 4.84. The molecule has 0 bridgehead atoms. The molecule has 2 aromatic carbocycles. The van der Waals surface area contributed by atoms with Gasteiger partial charge in [0.1, 0.15) is 0 Å². The molecule has 5 nitrogen and oxygen atoms in total. The second-order valence-corrected chi connectivity index (χ2v) is 8.75. The Morgan fingerprint density at radius 3 is 2.32 bits per heavy atom. The van der Waals surface area contributed by atoms with Crippen molar-refractivity contribution in [2.75, 3.05) is 19.7 Å². The van der Waals surface area contributed by atoms with E-state index >= 15 is 0 Å². The van der Waals surface area contributed by atoms with E-state index in [-0.39, 0.29) is 29.4 Å². The Kier molecular flexibility index (Phi) is 6.50. The SMILES string of the molecule is Cc1ccc(C(=O)c2ccccc2C(=O)OCC(=O)N2CC[C@@H]3CCCC[C@H]3C2)cc1. The third-order valence-electron chi connectivity index (χ3n) is 6.68. The predicted octanol–water partition coefficient (Wildman–Crippen LogP) is 4.42. The maximum Gasteiger partial charge on any atom is 0.339 e. The topological polar surface area (TPSA) is 63.7 Å². The molecule has 0 N–H and O–H groups in total. The second kappa shape index (κ2) is 9.46. The zero-order valence-electron chi connectivity index (χ0n) is 18.0. The molecule has 1 saturated heterocycles. The van der Waals surface area contributed by atoms with Gasteiger partial charge < -0.3 is 9.64 Å². The Morgan fingerprint density at radius 1 is 0.903 bits per heavy atom. The van der Waals surface area contributed by atoms with Gasteiger partial charge in [0.05, 0.1) is 5.56 Å². The zero-order chi connectivity index (χ0) is 21.8. The number of amides is 1. The molecule has 2 aromatic rings. The molecule has 31 heavy (non-hydrogen) atoms. The maximum atomic E-state index is 12.9. The number of ketones is 1. The molecule has 162 valence electrons. The van der Waals surface area contributed by atoms with Crippen LogP contribution in [0.25, 0.3) is 0 Å². The number of hydrogen-bond donors (Lipinski definition) is 0. The molecule has 1 heterocycles. The van der Waals surface area contributed by atoms with E-state index in [1.165, 1.54) is 25.7 Å². The molecule has 2 aliphatic rings. The first kappa shape index (κ1) is 21.3. The van der Waals surface area contributed by atoms with Crippen molar-refractivity contribution in [3.63, 3.8) is 0 Å². The minimum absolute atomic E-state index is 0.153. The van der Waals surface area contributed by atoms with Gasteiger partial charge in [-0.15, -0.1) is 0 Å². The highest BCUT2D eigenvalue weighted by Gasteiger charge is 2.33. The van der Waals surface area contributed by atoms with Crippen LogP contribution in [-0.4, -0.2) is 42.3 Å². The largest absolute Gasteiger partial charge is 0.452 e. The van der Waals surface area contributed by atoms with Crippen LogP contribution in [0.2, 0.25) is 0 Å². The van der Waals surface area contributed by atoms with Gasteiger partial charge in [-0.25, -0.2) is 4.79 Å². The van der Waals surface area contributed by atoms with Crippen molar-refractivity contribution in [2.24, 2.45) is 11.8 Å². The lowest BCUT2D eigenvalue weighted by atomic mass is 9.75. The summed E-state index contributed by atoms with van der Waals surface area (Å²) in [4.78, 5) is 40.1. The Hall–Kier alpha value is -2.95. The molecular formula is C26H29NO4. The maximum absolute atomic E-state index is 12.9. The van der Waals surface area contributed by atoms with Crippen molar-refractivity contribution in [1.82, 2.24) is 4.90 Å². The monoisotopic (exact) mass is 419 g/mol. The fourth-order valence-electron chi connectivity index (χ4n) is 4.84. The molecule has 1 aliphatic heterocycles. The van der Waals surface area contributed by atoms with Crippen molar-refractivity contribution in [3.8, 4) is 0 Å².